The molecular formula is C16H16FN3O3. The first-order valence-electron chi connectivity index (χ1n) is 7.31. The van der Waals surface area contributed by atoms with Gasteiger partial charge in [-0.3, -0.25) is 9.59 Å². The van der Waals surface area contributed by atoms with Crippen molar-refractivity contribution in [3.63, 3.8) is 0 Å². The Morgan fingerprint density at radius 1 is 1.09 bits per heavy atom. The van der Waals surface area contributed by atoms with Crippen molar-refractivity contribution in [2.75, 3.05) is 26.2 Å². The lowest BCUT2D eigenvalue weighted by atomic mass is 10.1. The average Bonchev–Trinajstić information content (AvgIpc) is 3.11. The Labute approximate surface area is 132 Å². The molecule has 0 N–H and O–H groups in total. The van der Waals surface area contributed by atoms with Gasteiger partial charge in [0.25, 0.3) is 11.8 Å². The Bertz CT molecular complexity index is 722. The Kier molecular flexibility index (Phi) is 4.10. The van der Waals surface area contributed by atoms with Crippen LogP contribution in [0.15, 0.2) is 35.1 Å². The first-order valence-corrected chi connectivity index (χ1v) is 7.31. The average molecular weight is 317 g/mol. The molecule has 6 nitrogen and oxygen atoms in total. The highest BCUT2D eigenvalue weighted by molar-refractivity contribution is 5.95. The van der Waals surface area contributed by atoms with Gasteiger partial charge in [-0.2, -0.15) is 0 Å². The van der Waals surface area contributed by atoms with E-state index in [0.29, 0.717) is 37.3 Å². The van der Waals surface area contributed by atoms with Crippen LogP contribution in [0.3, 0.4) is 0 Å². The van der Waals surface area contributed by atoms with E-state index in [1.54, 1.807) is 28.9 Å². The van der Waals surface area contributed by atoms with E-state index < -0.39 is 5.82 Å². The fourth-order valence-electron chi connectivity index (χ4n) is 2.51. The van der Waals surface area contributed by atoms with E-state index in [9.17, 15) is 14.0 Å². The van der Waals surface area contributed by atoms with Gasteiger partial charge in [0.1, 0.15) is 12.1 Å². The van der Waals surface area contributed by atoms with Gasteiger partial charge in [-0.25, -0.2) is 4.39 Å². The van der Waals surface area contributed by atoms with Gasteiger partial charge in [-0.1, -0.05) is 11.2 Å². The van der Waals surface area contributed by atoms with Gasteiger partial charge in [0, 0.05) is 37.8 Å². The van der Waals surface area contributed by atoms with Crippen molar-refractivity contribution in [1.29, 1.82) is 0 Å². The van der Waals surface area contributed by atoms with Crippen molar-refractivity contribution < 1.29 is 18.5 Å². The minimum Gasteiger partial charge on any atom is -0.364 e. The van der Waals surface area contributed by atoms with E-state index in [1.807, 2.05) is 0 Å². The second-order valence-corrected chi connectivity index (χ2v) is 5.43. The van der Waals surface area contributed by atoms with Crippen LogP contribution in [0.1, 0.15) is 26.4 Å². The predicted molar refractivity (Wildman–Crippen MR) is 79.4 cm³/mol. The number of carbonyl (C=O) groups excluding carboxylic acids is 2. The standard InChI is InChI=1S/C16H16FN3O3/c1-11-2-3-12(10-13(11)17)15(21)19-5-7-20(8-6-19)16(22)14-4-9-23-18-14/h2-4,9-10H,5-8H2,1H3. The molecule has 1 aromatic heterocycles. The zero-order valence-corrected chi connectivity index (χ0v) is 12.7. The minimum atomic E-state index is -0.393. The fraction of sp³-hybridized carbons (Fsp3) is 0.312. The smallest absolute Gasteiger partial charge is 0.276 e. The second-order valence-electron chi connectivity index (χ2n) is 5.43. The summed E-state index contributed by atoms with van der Waals surface area (Å²) in [5, 5.41) is 3.62. The van der Waals surface area contributed by atoms with Gasteiger partial charge in [0.15, 0.2) is 5.69 Å². The maximum absolute atomic E-state index is 13.6. The minimum absolute atomic E-state index is 0.216. The quantitative estimate of drug-likeness (QED) is 0.846. The van der Waals surface area contributed by atoms with Crippen LogP contribution < -0.4 is 0 Å². The second kappa shape index (κ2) is 6.20. The predicted octanol–water partition coefficient (Wildman–Crippen LogP) is 1.72. The van der Waals surface area contributed by atoms with Crippen molar-refractivity contribution in [3.8, 4) is 0 Å². The number of hydrogen-bond acceptors (Lipinski definition) is 4. The van der Waals surface area contributed by atoms with Crippen molar-refractivity contribution in [1.82, 2.24) is 15.0 Å². The molecule has 0 saturated carbocycles. The summed E-state index contributed by atoms with van der Waals surface area (Å²) < 4.78 is 18.3. The SMILES string of the molecule is Cc1ccc(C(=O)N2CCN(C(=O)c3ccon3)CC2)cc1F. The summed E-state index contributed by atoms with van der Waals surface area (Å²) in [5.41, 5.74) is 1.08. The first kappa shape index (κ1) is 15.2. The number of amides is 2. The Hall–Kier alpha value is -2.70. The highest BCUT2D eigenvalue weighted by atomic mass is 19.1. The number of hydrogen-bond donors (Lipinski definition) is 0. The van der Waals surface area contributed by atoms with Crippen LogP contribution >= 0.6 is 0 Å². The lowest BCUT2D eigenvalue weighted by molar-refractivity contribution is 0.0529. The molecule has 0 atom stereocenters. The van der Waals surface area contributed by atoms with E-state index in [-0.39, 0.29) is 17.5 Å². The molecule has 0 radical (unpaired) electrons. The van der Waals surface area contributed by atoms with Gasteiger partial charge in [-0.05, 0) is 24.6 Å². The van der Waals surface area contributed by atoms with Crippen molar-refractivity contribution in [2.24, 2.45) is 0 Å². The highest BCUT2D eigenvalue weighted by Gasteiger charge is 2.26. The van der Waals surface area contributed by atoms with Crippen molar-refractivity contribution in [3.05, 3.63) is 53.2 Å². The summed E-state index contributed by atoms with van der Waals surface area (Å²) >= 11 is 0. The number of halogens is 1. The van der Waals surface area contributed by atoms with E-state index in [4.69, 9.17) is 0 Å². The number of rotatable bonds is 2. The number of aryl methyl sites for hydroxylation is 1. The largest absolute Gasteiger partial charge is 0.364 e. The van der Waals surface area contributed by atoms with E-state index >= 15 is 0 Å². The molecule has 7 heteroatoms. The fourth-order valence-corrected chi connectivity index (χ4v) is 2.51. The number of benzene rings is 1. The molecule has 2 heterocycles. The van der Waals surface area contributed by atoms with Crippen LogP contribution in [-0.4, -0.2) is 52.9 Å². The molecule has 1 aliphatic heterocycles. The molecule has 23 heavy (non-hydrogen) atoms. The molecule has 1 aromatic carbocycles. The zero-order chi connectivity index (χ0) is 16.4. The van der Waals surface area contributed by atoms with Crippen molar-refractivity contribution >= 4 is 11.8 Å². The van der Waals surface area contributed by atoms with Gasteiger partial charge in [0.2, 0.25) is 0 Å². The third kappa shape index (κ3) is 3.08. The van der Waals surface area contributed by atoms with Gasteiger partial charge >= 0.3 is 0 Å². The van der Waals surface area contributed by atoms with Crippen LogP contribution in [0.5, 0.6) is 0 Å². The molecule has 2 amide bonds. The number of aromatic nitrogens is 1. The van der Waals surface area contributed by atoms with Crippen LogP contribution in [-0.2, 0) is 0 Å². The maximum atomic E-state index is 13.6. The molecule has 2 aromatic rings. The monoisotopic (exact) mass is 317 g/mol. The molecule has 0 spiro atoms. The molecule has 1 fully saturated rings. The van der Waals surface area contributed by atoms with Crippen LogP contribution in [0, 0.1) is 12.7 Å². The van der Waals surface area contributed by atoms with E-state index in [2.05, 4.69) is 9.68 Å². The lowest BCUT2D eigenvalue weighted by Gasteiger charge is -2.34. The molecule has 0 unspecified atom stereocenters. The number of carbonyl (C=O) groups is 2. The van der Waals surface area contributed by atoms with Gasteiger partial charge in [-0.15, -0.1) is 0 Å². The van der Waals surface area contributed by atoms with E-state index in [1.165, 1.54) is 18.4 Å². The van der Waals surface area contributed by atoms with Crippen LogP contribution in [0.4, 0.5) is 4.39 Å². The zero-order valence-electron chi connectivity index (χ0n) is 12.7. The summed E-state index contributed by atoms with van der Waals surface area (Å²) in [6.45, 7) is 3.27. The molecule has 1 saturated heterocycles. The normalized spacial score (nSPS) is 14.9. The Morgan fingerprint density at radius 3 is 2.30 bits per heavy atom. The third-order valence-corrected chi connectivity index (χ3v) is 3.93. The molecule has 0 aliphatic carbocycles. The molecular weight excluding hydrogens is 301 g/mol. The molecule has 3 rings (SSSR count). The molecule has 0 bridgehead atoms. The summed E-state index contributed by atoms with van der Waals surface area (Å²) in [6.07, 6.45) is 1.35. The maximum Gasteiger partial charge on any atom is 0.276 e. The summed E-state index contributed by atoms with van der Waals surface area (Å²) in [4.78, 5) is 27.8. The third-order valence-electron chi connectivity index (χ3n) is 3.93. The molecule has 120 valence electrons. The topological polar surface area (TPSA) is 66.7 Å². The molecule has 1 aliphatic rings. The van der Waals surface area contributed by atoms with E-state index in [0.717, 1.165) is 0 Å². The first-order chi connectivity index (χ1) is 11.1. The lowest BCUT2D eigenvalue weighted by Crippen LogP contribution is -2.50. The summed E-state index contributed by atoms with van der Waals surface area (Å²) in [5.74, 6) is -0.833. The number of piperazine rings is 1. The Morgan fingerprint density at radius 2 is 1.74 bits per heavy atom. The summed E-state index contributed by atoms with van der Waals surface area (Å²) in [6, 6.07) is 5.97. The summed E-state index contributed by atoms with van der Waals surface area (Å²) in [7, 11) is 0. The van der Waals surface area contributed by atoms with Crippen LogP contribution in [0.25, 0.3) is 0 Å². The number of nitrogens with zero attached hydrogens (tertiary/aromatic N) is 3. The van der Waals surface area contributed by atoms with Gasteiger partial charge in [0.05, 0.1) is 0 Å². The van der Waals surface area contributed by atoms with Crippen molar-refractivity contribution in [2.45, 2.75) is 6.92 Å². The van der Waals surface area contributed by atoms with Gasteiger partial charge < -0.3 is 14.3 Å². The van der Waals surface area contributed by atoms with Crippen LogP contribution in [0.2, 0.25) is 0 Å². The Balaban J connectivity index is 1.63. The highest BCUT2D eigenvalue weighted by Crippen LogP contribution is 2.14.